The van der Waals surface area contributed by atoms with Crippen LogP contribution in [0.5, 0.6) is 0 Å². The zero-order valence-corrected chi connectivity index (χ0v) is 24.5. The summed E-state index contributed by atoms with van der Waals surface area (Å²) in [5, 5.41) is 32.6. The number of rotatable bonds is 7. The second kappa shape index (κ2) is 12.4. The van der Waals surface area contributed by atoms with Crippen LogP contribution in [-0.2, 0) is 25.4 Å². The van der Waals surface area contributed by atoms with Gasteiger partial charge in [-0.1, -0.05) is 49.4 Å². The van der Waals surface area contributed by atoms with Crippen LogP contribution in [0.25, 0.3) is 0 Å². The molecule has 2 saturated heterocycles. The summed E-state index contributed by atoms with van der Waals surface area (Å²) >= 11 is 0. The third kappa shape index (κ3) is 5.34. The Hall–Kier alpha value is -2.91. The van der Waals surface area contributed by atoms with Gasteiger partial charge in [0.05, 0.1) is 32.3 Å². The van der Waals surface area contributed by atoms with Crippen molar-refractivity contribution in [1.29, 1.82) is 0 Å². The molecule has 0 radical (unpaired) electrons. The number of nitrogens with zero attached hydrogens (tertiary/aromatic N) is 1. The van der Waals surface area contributed by atoms with Gasteiger partial charge in [-0.3, -0.25) is 4.90 Å². The van der Waals surface area contributed by atoms with Gasteiger partial charge < -0.3 is 29.5 Å². The number of cyclic esters (lactones) is 1. The number of aliphatic hydroxyl groups is 3. The number of ether oxygens (including phenoxy) is 3. The molecule has 1 aliphatic carbocycles. The number of allylic oxidation sites excluding steroid dienone is 1. The highest BCUT2D eigenvalue weighted by Gasteiger charge is 2.53. The molecule has 5 aliphatic rings. The first-order valence-electron chi connectivity index (χ1n) is 15.4. The van der Waals surface area contributed by atoms with E-state index in [-0.39, 0.29) is 47.6 Å². The molecule has 4 heterocycles. The Bertz CT molecular complexity index is 1280. The molecule has 8 heteroatoms. The molecular weight excluding hydrogens is 534 g/mol. The highest BCUT2D eigenvalue weighted by molar-refractivity contribution is 5.94. The molecule has 226 valence electrons. The van der Waals surface area contributed by atoms with Crippen molar-refractivity contribution in [2.24, 2.45) is 29.6 Å². The number of hydrogen-bond acceptors (Lipinski definition) is 8. The van der Waals surface area contributed by atoms with Gasteiger partial charge in [0.2, 0.25) is 5.76 Å². The Morgan fingerprint density at radius 3 is 2.64 bits per heavy atom. The molecule has 3 N–H and O–H groups in total. The van der Waals surface area contributed by atoms with E-state index < -0.39 is 24.6 Å². The molecular formula is C34H43NO7. The standard InChI is InChI=1S/C34H43NO7/c1-20-8-6-11-23(14-20)30(38)27-17-22(15-21-9-4-3-5-10-21)16-26-29-24(18-36)32(41-28(29)12-7-13-35(26)27)33-31(40-2)25(19-37)34(39)42-33/h3-6,9-12,20,22-24,26-27,29-30,36-38H,7-8,13-19H2,1-2H3. The van der Waals surface area contributed by atoms with Gasteiger partial charge in [0.1, 0.15) is 11.3 Å². The predicted octanol–water partition coefficient (Wildman–Crippen LogP) is 3.85. The first-order valence-corrected chi connectivity index (χ1v) is 15.4. The van der Waals surface area contributed by atoms with Crippen LogP contribution in [0.2, 0.25) is 0 Å². The fourth-order valence-corrected chi connectivity index (χ4v) is 8.07. The summed E-state index contributed by atoms with van der Waals surface area (Å²) in [6.07, 6.45) is 11.5. The van der Waals surface area contributed by atoms with Crippen molar-refractivity contribution in [3.05, 3.63) is 82.7 Å². The lowest BCUT2D eigenvalue weighted by molar-refractivity contribution is -0.134. The quantitative estimate of drug-likeness (QED) is 0.331. The Labute approximate surface area is 248 Å². The summed E-state index contributed by atoms with van der Waals surface area (Å²) in [4.78, 5) is 15.0. The normalized spacial score (nSPS) is 35.6. The molecule has 8 nitrogen and oxygen atoms in total. The summed E-state index contributed by atoms with van der Waals surface area (Å²) in [6, 6.07) is 10.5. The minimum Gasteiger partial charge on any atom is -0.492 e. The number of hydrogen-bond donors (Lipinski definition) is 3. The van der Waals surface area contributed by atoms with Crippen molar-refractivity contribution >= 4 is 5.97 Å². The van der Waals surface area contributed by atoms with Crippen molar-refractivity contribution in [2.75, 3.05) is 26.9 Å². The number of carbonyl (C=O) groups excluding carboxylic acids is 1. The van der Waals surface area contributed by atoms with E-state index in [1.54, 1.807) is 0 Å². The molecule has 0 bridgehead atoms. The van der Waals surface area contributed by atoms with Gasteiger partial charge in [0, 0.05) is 30.5 Å². The Morgan fingerprint density at radius 1 is 1.12 bits per heavy atom. The average molecular weight is 578 g/mol. The predicted molar refractivity (Wildman–Crippen MR) is 156 cm³/mol. The number of benzene rings is 1. The van der Waals surface area contributed by atoms with Crippen LogP contribution in [0.4, 0.5) is 0 Å². The molecule has 0 aromatic heterocycles. The zero-order valence-electron chi connectivity index (χ0n) is 24.5. The summed E-state index contributed by atoms with van der Waals surface area (Å²) in [5.41, 5.74) is 1.33. The Kier molecular flexibility index (Phi) is 8.59. The van der Waals surface area contributed by atoms with E-state index in [0.717, 1.165) is 50.8 Å². The average Bonchev–Trinajstić information content (AvgIpc) is 3.47. The number of methoxy groups -OCH3 is 1. The summed E-state index contributed by atoms with van der Waals surface area (Å²) in [5.74, 6) is 1.13. The lowest BCUT2D eigenvalue weighted by atomic mass is 9.71. The van der Waals surface area contributed by atoms with Gasteiger partial charge in [-0.05, 0) is 62.0 Å². The highest BCUT2D eigenvalue weighted by Crippen LogP contribution is 2.51. The van der Waals surface area contributed by atoms with E-state index in [2.05, 4.69) is 54.3 Å². The minimum atomic E-state index is -0.668. The summed E-state index contributed by atoms with van der Waals surface area (Å²) in [6.45, 7) is 2.34. The van der Waals surface area contributed by atoms with Crippen LogP contribution in [0, 0.1) is 29.6 Å². The maximum absolute atomic E-state index is 12.5. The van der Waals surface area contributed by atoms with Crippen molar-refractivity contribution in [2.45, 2.75) is 63.6 Å². The van der Waals surface area contributed by atoms with E-state index in [1.807, 2.05) is 6.07 Å². The maximum atomic E-state index is 12.5. The molecule has 1 aromatic carbocycles. The smallest absolute Gasteiger partial charge is 0.345 e. The van der Waals surface area contributed by atoms with Crippen molar-refractivity contribution < 1.29 is 34.3 Å². The van der Waals surface area contributed by atoms with Crippen LogP contribution in [0.1, 0.15) is 44.6 Å². The molecule has 42 heavy (non-hydrogen) atoms. The summed E-state index contributed by atoms with van der Waals surface area (Å²) < 4.78 is 17.5. The number of carbonyl (C=O) groups is 1. The van der Waals surface area contributed by atoms with Crippen LogP contribution in [0.3, 0.4) is 0 Å². The highest BCUT2D eigenvalue weighted by atomic mass is 16.6. The number of esters is 1. The molecule has 6 rings (SSSR count). The third-order valence-corrected chi connectivity index (χ3v) is 9.98. The molecule has 8 unspecified atom stereocenters. The van der Waals surface area contributed by atoms with Gasteiger partial charge in [0.15, 0.2) is 11.5 Å². The van der Waals surface area contributed by atoms with Gasteiger partial charge >= 0.3 is 5.97 Å². The molecule has 0 saturated carbocycles. The fraction of sp³-hybridized carbons (Fsp3) is 0.559. The minimum absolute atomic E-state index is 0.0190. The lowest BCUT2D eigenvalue weighted by Gasteiger charge is -2.50. The van der Waals surface area contributed by atoms with Gasteiger partial charge in [-0.25, -0.2) is 4.79 Å². The van der Waals surface area contributed by atoms with Gasteiger partial charge in [-0.2, -0.15) is 0 Å². The molecule has 4 aliphatic heterocycles. The van der Waals surface area contributed by atoms with E-state index >= 15 is 0 Å². The second-order valence-corrected chi connectivity index (χ2v) is 12.6. The third-order valence-electron chi connectivity index (χ3n) is 9.98. The van der Waals surface area contributed by atoms with E-state index in [9.17, 15) is 20.1 Å². The first kappa shape index (κ1) is 29.2. The molecule has 1 aromatic rings. The van der Waals surface area contributed by atoms with Crippen molar-refractivity contribution in [1.82, 2.24) is 4.90 Å². The number of aliphatic hydroxyl groups excluding tert-OH is 3. The monoisotopic (exact) mass is 577 g/mol. The maximum Gasteiger partial charge on any atom is 0.345 e. The number of piperidine rings is 1. The topological polar surface area (TPSA) is 109 Å². The molecule has 0 spiro atoms. The van der Waals surface area contributed by atoms with Crippen LogP contribution >= 0.6 is 0 Å². The number of fused-ring (bicyclic) bond motifs is 3. The van der Waals surface area contributed by atoms with Crippen molar-refractivity contribution in [3.8, 4) is 0 Å². The van der Waals surface area contributed by atoms with E-state index in [1.165, 1.54) is 12.7 Å². The second-order valence-electron chi connectivity index (χ2n) is 12.6. The fourth-order valence-electron chi connectivity index (χ4n) is 8.07. The van der Waals surface area contributed by atoms with Gasteiger partial charge in [-0.15, -0.1) is 0 Å². The van der Waals surface area contributed by atoms with E-state index in [4.69, 9.17) is 14.2 Å². The van der Waals surface area contributed by atoms with Gasteiger partial charge in [0.25, 0.3) is 0 Å². The SMILES string of the molecule is COC1=C(CO)C(=O)OC1=C1OC2=CCCN3C(C(O)C4C=CCC(C)C4)CC(Cc4ccccc4)CC3C2C1CO. The van der Waals surface area contributed by atoms with Crippen LogP contribution in [-0.4, -0.2) is 71.2 Å². The van der Waals surface area contributed by atoms with Crippen molar-refractivity contribution in [3.63, 3.8) is 0 Å². The Morgan fingerprint density at radius 2 is 1.93 bits per heavy atom. The first-order chi connectivity index (χ1) is 20.4. The molecule has 0 amide bonds. The largest absolute Gasteiger partial charge is 0.492 e. The van der Waals surface area contributed by atoms with Crippen LogP contribution in [0.15, 0.2) is 77.2 Å². The van der Waals surface area contributed by atoms with Crippen LogP contribution < -0.4 is 0 Å². The summed E-state index contributed by atoms with van der Waals surface area (Å²) in [7, 11) is 1.43. The van der Waals surface area contributed by atoms with E-state index in [0.29, 0.717) is 17.6 Å². The lowest BCUT2D eigenvalue weighted by Crippen LogP contribution is -2.58. The Balaban J connectivity index is 1.37. The molecule has 2 fully saturated rings. The zero-order chi connectivity index (χ0) is 29.4. The molecule has 8 atom stereocenters.